The van der Waals surface area contributed by atoms with E-state index in [4.69, 9.17) is 0 Å². The first-order chi connectivity index (χ1) is 15.6. The molecule has 0 bridgehead atoms. The molecule has 1 saturated heterocycles. The third-order valence-corrected chi connectivity index (χ3v) is 5.72. The molecule has 2 heterocycles. The molecule has 0 atom stereocenters. The van der Waals surface area contributed by atoms with Crippen LogP contribution in [0.2, 0.25) is 0 Å². The van der Waals surface area contributed by atoms with Gasteiger partial charge >= 0.3 is 88.7 Å². The normalized spacial score (nSPS) is 16.9. The summed E-state index contributed by atoms with van der Waals surface area (Å²) in [5.41, 5.74) is 1.98. The van der Waals surface area contributed by atoms with E-state index in [0.29, 0.717) is 65.4 Å². The second-order valence-electron chi connectivity index (χ2n) is 8.44. The van der Waals surface area contributed by atoms with E-state index < -0.39 is 17.9 Å². The molecule has 0 aliphatic carbocycles. The van der Waals surface area contributed by atoms with Crippen LogP contribution in [0.4, 0.5) is 0 Å². The van der Waals surface area contributed by atoms with E-state index in [1.165, 1.54) is 0 Å². The summed E-state index contributed by atoms with van der Waals surface area (Å²) in [6.07, 6.45) is 0. The van der Waals surface area contributed by atoms with Gasteiger partial charge in [0.15, 0.2) is 0 Å². The first-order valence-electron chi connectivity index (χ1n) is 11.1. The molecule has 1 aromatic heterocycles. The molecule has 36 heavy (non-hydrogen) atoms. The summed E-state index contributed by atoms with van der Waals surface area (Å²) >= 11 is 0. The molecule has 1 aliphatic rings. The minimum absolute atomic E-state index is 0. The van der Waals surface area contributed by atoms with Crippen LogP contribution >= 0.6 is 0 Å². The van der Waals surface area contributed by atoms with Crippen molar-refractivity contribution in [3.05, 3.63) is 17.5 Å². The van der Waals surface area contributed by atoms with E-state index in [-0.39, 0.29) is 108 Å². The number of carbonyl (C=O) groups excluding carboxylic acids is 3. The van der Waals surface area contributed by atoms with Gasteiger partial charge in [-0.3, -0.25) is 24.3 Å². The Balaban J connectivity index is 0. The molecule has 0 amide bonds. The van der Waals surface area contributed by atoms with Crippen molar-refractivity contribution in [1.29, 1.82) is 0 Å². The van der Waals surface area contributed by atoms with Gasteiger partial charge in [-0.25, -0.2) is 0 Å². The number of aromatic nitrogens is 2. The van der Waals surface area contributed by atoms with Gasteiger partial charge in [-0.05, 0) is 19.9 Å². The summed E-state index contributed by atoms with van der Waals surface area (Å²) in [6, 6.07) is 2.00. The summed E-state index contributed by atoms with van der Waals surface area (Å²) in [5, 5.41) is 38.0. The van der Waals surface area contributed by atoms with Crippen LogP contribution in [-0.2, 0) is 20.9 Å². The number of carboxylic acids is 3. The number of carbonyl (C=O) groups is 3. The van der Waals surface area contributed by atoms with Crippen LogP contribution < -0.4 is 104 Å². The fourth-order valence-electron chi connectivity index (χ4n) is 3.96. The Morgan fingerprint density at radius 3 is 1.28 bits per heavy atom. The molecular weight excluding hydrogens is 501 g/mol. The van der Waals surface area contributed by atoms with Crippen LogP contribution in [0, 0.1) is 13.8 Å². The van der Waals surface area contributed by atoms with E-state index in [1.54, 1.807) is 14.7 Å². The maximum Gasteiger partial charge on any atom is 1.00 e. The standard InChI is InChI=1S/C21H36N6O6.3Na/c1-17-13-18(2)27(22-17)12-11-23-3-5-24(14-19(28)29)7-9-26(16-21(32)33)10-8-25(6-4-23)15-20(30)31;;;/h13H,3-12,14-16H2,1-2H3,(H,28,29)(H,30,31)(H,32,33);;;/q;3*+1/p-3. The molecule has 0 saturated carbocycles. The van der Waals surface area contributed by atoms with Crippen LogP contribution in [0.3, 0.4) is 0 Å². The van der Waals surface area contributed by atoms with E-state index >= 15 is 0 Å². The number of aryl methyl sites for hydroxylation is 2. The van der Waals surface area contributed by atoms with Crippen molar-refractivity contribution in [2.24, 2.45) is 0 Å². The third-order valence-electron chi connectivity index (χ3n) is 5.72. The average molecular weight is 535 g/mol. The van der Waals surface area contributed by atoms with Crippen molar-refractivity contribution in [2.75, 3.05) is 78.5 Å². The molecule has 0 N–H and O–H groups in total. The second-order valence-corrected chi connectivity index (χ2v) is 8.44. The summed E-state index contributed by atoms with van der Waals surface area (Å²) in [5.74, 6) is -3.62. The van der Waals surface area contributed by atoms with Gasteiger partial charge in [-0.15, -0.1) is 0 Å². The summed E-state index contributed by atoms with van der Waals surface area (Å²) in [6.45, 7) is 7.75. The molecule has 0 aromatic carbocycles. The summed E-state index contributed by atoms with van der Waals surface area (Å²) in [7, 11) is 0. The molecule has 0 spiro atoms. The second kappa shape index (κ2) is 20.4. The Bertz CT molecular complexity index is 783. The Morgan fingerprint density at radius 1 is 0.667 bits per heavy atom. The van der Waals surface area contributed by atoms with E-state index in [2.05, 4.69) is 10.00 Å². The quantitative estimate of drug-likeness (QED) is 0.278. The number of nitrogens with zero attached hydrogens (tertiary/aromatic N) is 6. The van der Waals surface area contributed by atoms with Gasteiger partial charge in [-0.1, -0.05) is 0 Å². The Labute approximate surface area is 279 Å². The predicted molar refractivity (Wildman–Crippen MR) is 112 cm³/mol. The van der Waals surface area contributed by atoms with Crippen LogP contribution in [-0.4, -0.2) is 126 Å². The van der Waals surface area contributed by atoms with Crippen molar-refractivity contribution < 1.29 is 118 Å². The molecule has 0 radical (unpaired) electrons. The minimum atomic E-state index is -1.24. The van der Waals surface area contributed by atoms with Crippen LogP contribution in [0.5, 0.6) is 0 Å². The van der Waals surface area contributed by atoms with Gasteiger partial charge in [0.2, 0.25) is 0 Å². The van der Waals surface area contributed by atoms with E-state index in [0.717, 1.165) is 11.4 Å². The molecule has 1 aromatic rings. The molecule has 2 rings (SSSR count). The Morgan fingerprint density at radius 2 is 1.00 bits per heavy atom. The molecule has 1 fully saturated rings. The number of hydrogen-bond donors (Lipinski definition) is 0. The predicted octanol–water partition coefficient (Wildman–Crippen LogP) is -14.0. The molecule has 15 heteroatoms. The van der Waals surface area contributed by atoms with E-state index in [9.17, 15) is 29.7 Å². The smallest absolute Gasteiger partial charge is 0.549 e. The zero-order valence-corrected chi connectivity index (χ0v) is 28.4. The van der Waals surface area contributed by atoms with Crippen molar-refractivity contribution >= 4 is 17.9 Å². The van der Waals surface area contributed by atoms with Crippen molar-refractivity contribution in [1.82, 2.24) is 29.4 Å². The molecule has 1 aliphatic heterocycles. The van der Waals surface area contributed by atoms with Gasteiger partial charge in [-0.2, -0.15) is 5.10 Å². The number of carboxylic acid groups (broad SMARTS) is 3. The van der Waals surface area contributed by atoms with Gasteiger partial charge in [0.25, 0.3) is 0 Å². The molecule has 0 unspecified atom stereocenters. The third kappa shape index (κ3) is 15.8. The molecule has 186 valence electrons. The summed E-state index contributed by atoms with van der Waals surface area (Å²) in [4.78, 5) is 40.8. The fraction of sp³-hybridized carbons (Fsp3) is 0.714. The van der Waals surface area contributed by atoms with Crippen molar-refractivity contribution in [3.8, 4) is 0 Å². The molecular formula is C21H33N6Na3O6. The SMILES string of the molecule is Cc1cc(C)n(CCN2CCN(CC(=O)[O-])CCN(CC(=O)[O-])CCN(CC(=O)[O-])CC2)n1.[Na+].[Na+].[Na+]. The minimum Gasteiger partial charge on any atom is -0.549 e. The molecule has 12 nitrogen and oxygen atoms in total. The van der Waals surface area contributed by atoms with Gasteiger partial charge < -0.3 is 29.7 Å². The first-order valence-corrected chi connectivity index (χ1v) is 11.1. The Kier molecular flexibility index (Phi) is 21.9. The van der Waals surface area contributed by atoms with Gasteiger partial charge in [0, 0.05) is 84.2 Å². The van der Waals surface area contributed by atoms with Crippen LogP contribution in [0.15, 0.2) is 6.07 Å². The average Bonchev–Trinajstić information content (AvgIpc) is 3.03. The van der Waals surface area contributed by atoms with Crippen LogP contribution in [0.1, 0.15) is 11.4 Å². The van der Waals surface area contributed by atoms with Crippen molar-refractivity contribution in [3.63, 3.8) is 0 Å². The number of hydrogen-bond acceptors (Lipinski definition) is 11. The van der Waals surface area contributed by atoms with E-state index in [1.807, 2.05) is 24.6 Å². The van der Waals surface area contributed by atoms with Gasteiger partial charge in [0.1, 0.15) is 0 Å². The first kappa shape index (κ1) is 38.6. The monoisotopic (exact) mass is 534 g/mol. The summed E-state index contributed by atoms with van der Waals surface area (Å²) < 4.78 is 1.92. The van der Waals surface area contributed by atoms with Gasteiger partial charge in [0.05, 0.1) is 30.1 Å². The zero-order chi connectivity index (χ0) is 24.4. The zero-order valence-electron chi connectivity index (χ0n) is 22.4. The number of aliphatic carboxylic acids is 3. The fourth-order valence-corrected chi connectivity index (χ4v) is 3.96. The number of rotatable bonds is 9. The largest absolute Gasteiger partial charge is 1.00 e. The topological polar surface area (TPSA) is 151 Å². The maximum atomic E-state index is 11.2. The Hall–Kier alpha value is 0.460. The van der Waals surface area contributed by atoms with Crippen LogP contribution in [0.25, 0.3) is 0 Å². The van der Waals surface area contributed by atoms with Crippen molar-refractivity contribution in [2.45, 2.75) is 20.4 Å². The maximum absolute atomic E-state index is 11.2.